The first kappa shape index (κ1) is 30.8. The molecule has 46 heavy (non-hydrogen) atoms. The minimum absolute atomic E-state index is 0.116. The van der Waals surface area contributed by atoms with Gasteiger partial charge in [-0.1, -0.05) is 12.8 Å². The van der Waals surface area contributed by atoms with Gasteiger partial charge in [-0.2, -0.15) is 0 Å². The van der Waals surface area contributed by atoms with E-state index in [0.717, 1.165) is 37.9 Å². The van der Waals surface area contributed by atoms with Gasteiger partial charge in [-0.05, 0) is 87.5 Å². The lowest BCUT2D eigenvalue weighted by molar-refractivity contribution is 0.0950. The number of hydrogen-bond acceptors (Lipinski definition) is 6. The molecule has 1 aliphatic carbocycles. The number of aromatic amines is 1. The number of likely N-dealkylation sites (N-methyl/N-ethyl adjacent to an activating group) is 1. The number of fused-ring (bicyclic) bond motifs is 2. The Balaban J connectivity index is 1.17. The fourth-order valence-corrected chi connectivity index (χ4v) is 5.97. The number of methoxy groups -OCH3 is 1. The lowest BCUT2D eigenvalue weighted by Gasteiger charge is -2.11. The van der Waals surface area contributed by atoms with E-state index in [1.165, 1.54) is 13.2 Å². The van der Waals surface area contributed by atoms with Gasteiger partial charge in [0.2, 0.25) is 5.78 Å². The second-order valence-corrected chi connectivity index (χ2v) is 11.8. The molecular weight excluding hydrogens is 589 g/mol. The van der Waals surface area contributed by atoms with Crippen molar-refractivity contribution >= 4 is 46.1 Å². The molecule has 1 aliphatic heterocycles. The molecule has 0 radical (unpaired) electrons. The predicted molar refractivity (Wildman–Crippen MR) is 175 cm³/mol. The first-order chi connectivity index (χ1) is 22.2. The summed E-state index contributed by atoms with van der Waals surface area (Å²) in [5, 5.41) is 8.95. The van der Waals surface area contributed by atoms with Crippen LogP contribution in [0.5, 0.6) is 11.5 Å². The van der Waals surface area contributed by atoms with E-state index in [1.807, 2.05) is 19.0 Å². The Bertz CT molecular complexity index is 1840. The topological polar surface area (TPSA) is 125 Å². The average Bonchev–Trinajstić information content (AvgIpc) is 3.76. The van der Waals surface area contributed by atoms with Gasteiger partial charge in [-0.25, -0.2) is 9.18 Å². The molecule has 3 aromatic carbocycles. The molecule has 2 heterocycles. The van der Waals surface area contributed by atoms with E-state index in [0.29, 0.717) is 57.0 Å². The summed E-state index contributed by atoms with van der Waals surface area (Å²) in [5.41, 5.74) is 3.66. The monoisotopic (exact) mass is 625 g/mol. The van der Waals surface area contributed by atoms with E-state index >= 15 is 4.39 Å². The van der Waals surface area contributed by atoms with Gasteiger partial charge in [0.1, 0.15) is 11.5 Å². The highest BCUT2D eigenvalue weighted by molar-refractivity contribution is 6.16. The molecule has 6 rings (SSSR count). The van der Waals surface area contributed by atoms with Crippen LogP contribution in [0.4, 0.5) is 20.6 Å². The van der Waals surface area contributed by atoms with Crippen LogP contribution in [0.2, 0.25) is 0 Å². The Morgan fingerprint density at radius 3 is 2.48 bits per heavy atom. The number of anilines is 2. The number of carbonyl (C=O) groups excluding carboxylic acids is 3. The van der Waals surface area contributed by atoms with E-state index in [-0.39, 0.29) is 23.4 Å². The summed E-state index contributed by atoms with van der Waals surface area (Å²) in [7, 11) is 5.35. The maximum Gasteiger partial charge on any atom is 0.323 e. The van der Waals surface area contributed by atoms with Crippen LogP contribution in [0, 0.1) is 5.82 Å². The number of ether oxygens (including phenoxy) is 2. The van der Waals surface area contributed by atoms with Gasteiger partial charge in [-0.15, -0.1) is 0 Å². The molecule has 10 nitrogen and oxygen atoms in total. The van der Waals surface area contributed by atoms with E-state index in [9.17, 15) is 14.4 Å². The minimum atomic E-state index is -0.513. The van der Waals surface area contributed by atoms with Crippen molar-refractivity contribution in [2.45, 2.75) is 31.6 Å². The van der Waals surface area contributed by atoms with Crippen LogP contribution in [0.3, 0.4) is 0 Å². The van der Waals surface area contributed by atoms with Gasteiger partial charge in [0, 0.05) is 52.7 Å². The van der Waals surface area contributed by atoms with Crippen LogP contribution in [0.25, 0.3) is 17.0 Å². The first-order valence-corrected chi connectivity index (χ1v) is 15.3. The Morgan fingerprint density at radius 1 is 1.04 bits per heavy atom. The van der Waals surface area contributed by atoms with Crippen molar-refractivity contribution in [1.29, 1.82) is 0 Å². The number of amides is 3. The molecule has 4 N–H and O–H groups in total. The van der Waals surface area contributed by atoms with Crippen molar-refractivity contribution < 1.29 is 28.2 Å². The van der Waals surface area contributed by atoms with E-state index in [2.05, 4.69) is 20.9 Å². The molecule has 1 fully saturated rings. The highest BCUT2D eigenvalue weighted by Crippen LogP contribution is 2.42. The second kappa shape index (κ2) is 13.1. The minimum Gasteiger partial charge on any atom is -0.497 e. The number of rotatable bonds is 9. The lowest BCUT2D eigenvalue weighted by Crippen LogP contribution is -2.31. The molecular formula is C35H36FN5O5. The lowest BCUT2D eigenvalue weighted by atomic mass is 9.97. The third-order valence-electron chi connectivity index (χ3n) is 8.35. The zero-order valence-corrected chi connectivity index (χ0v) is 26.0. The zero-order chi connectivity index (χ0) is 32.4. The van der Waals surface area contributed by atoms with Crippen molar-refractivity contribution in [1.82, 2.24) is 15.2 Å². The predicted octanol–water partition coefficient (Wildman–Crippen LogP) is 6.52. The van der Waals surface area contributed by atoms with Gasteiger partial charge in [-0.3, -0.25) is 9.59 Å². The van der Waals surface area contributed by atoms with Gasteiger partial charge < -0.3 is 35.3 Å². The van der Waals surface area contributed by atoms with Crippen molar-refractivity contribution in [2.75, 3.05) is 44.9 Å². The van der Waals surface area contributed by atoms with Crippen molar-refractivity contribution in [3.63, 3.8) is 0 Å². The summed E-state index contributed by atoms with van der Waals surface area (Å²) in [6.45, 7) is 1.26. The number of carbonyl (C=O) groups is 3. The van der Waals surface area contributed by atoms with Crippen LogP contribution in [0.1, 0.15) is 63.6 Å². The van der Waals surface area contributed by atoms with Crippen molar-refractivity contribution in [3.05, 3.63) is 88.6 Å². The van der Waals surface area contributed by atoms with Crippen LogP contribution < -0.4 is 25.4 Å². The molecule has 3 amide bonds. The Labute approximate surface area is 265 Å². The summed E-state index contributed by atoms with van der Waals surface area (Å²) in [5.74, 6) is 0.134. The highest BCUT2D eigenvalue weighted by atomic mass is 19.1. The maximum atomic E-state index is 15.0. The molecule has 0 bridgehead atoms. The zero-order valence-electron chi connectivity index (χ0n) is 26.0. The van der Waals surface area contributed by atoms with Crippen molar-refractivity contribution in [3.8, 4) is 11.5 Å². The Morgan fingerprint density at radius 2 is 1.76 bits per heavy atom. The second-order valence-electron chi connectivity index (χ2n) is 11.8. The number of urea groups is 1. The van der Waals surface area contributed by atoms with Crippen molar-refractivity contribution in [2.24, 2.45) is 0 Å². The largest absolute Gasteiger partial charge is 0.497 e. The van der Waals surface area contributed by atoms with Crippen LogP contribution in [-0.2, 0) is 0 Å². The molecule has 1 saturated carbocycles. The van der Waals surface area contributed by atoms with E-state index < -0.39 is 11.8 Å². The van der Waals surface area contributed by atoms with Crippen LogP contribution in [0.15, 0.2) is 60.4 Å². The Kier molecular flexibility index (Phi) is 8.76. The first-order valence-electron chi connectivity index (χ1n) is 15.3. The number of Topliss-reactive ketones (excluding diaryl/α,β-unsaturated/α-hetero) is 1. The molecule has 238 valence electrons. The molecule has 0 unspecified atom stereocenters. The normalized spacial score (nSPS) is 15.3. The summed E-state index contributed by atoms with van der Waals surface area (Å²) in [4.78, 5) is 43.9. The fourth-order valence-electron chi connectivity index (χ4n) is 5.97. The molecule has 11 heteroatoms. The smallest absolute Gasteiger partial charge is 0.323 e. The van der Waals surface area contributed by atoms with Crippen LogP contribution in [-0.4, -0.2) is 61.9 Å². The average molecular weight is 626 g/mol. The van der Waals surface area contributed by atoms with Gasteiger partial charge in [0.05, 0.1) is 18.2 Å². The fraction of sp³-hybridized carbons (Fsp3) is 0.286. The molecule has 2 aliphatic rings. The van der Waals surface area contributed by atoms with E-state index in [1.54, 1.807) is 54.6 Å². The summed E-state index contributed by atoms with van der Waals surface area (Å²) in [6, 6.07) is 14.0. The Hall–Kier alpha value is -5.16. The SMILES string of the molecule is COc1cc(F)c2[nH]c(C3CCCC3)c(/C=C3\Oc4ccc(NC(=O)Nc5ccc(C(=O)NCCN(C)C)cc5)cc4C3=O)c2c1. The standard InChI is InChI=1S/C35H36FN5O5/c1-41(2)15-14-37-34(43)21-8-10-22(11-9-21)38-35(44)39-23-12-13-29-27(16-23)33(42)30(46-29)19-26-25-17-24(45-3)18-28(36)32(25)40-31(26)20-6-4-5-7-20/h8-13,16-20,40H,4-7,14-15H2,1-3H3,(H,37,43)(H2,38,39,44)/b30-19-. The molecule has 0 spiro atoms. The maximum absolute atomic E-state index is 15.0. The number of H-pyrrole nitrogens is 1. The number of allylic oxidation sites excluding steroid dienone is 1. The quantitative estimate of drug-likeness (QED) is 0.157. The van der Waals surface area contributed by atoms with Crippen LogP contribution >= 0.6 is 0 Å². The highest BCUT2D eigenvalue weighted by Gasteiger charge is 2.30. The van der Waals surface area contributed by atoms with Gasteiger partial charge >= 0.3 is 6.03 Å². The number of nitrogens with one attached hydrogen (secondary N) is 4. The number of benzene rings is 3. The number of halogens is 1. The molecule has 0 atom stereocenters. The van der Waals surface area contributed by atoms with Gasteiger partial charge in [0.15, 0.2) is 11.6 Å². The number of ketones is 1. The van der Waals surface area contributed by atoms with E-state index in [4.69, 9.17) is 9.47 Å². The number of aromatic nitrogens is 1. The summed E-state index contributed by atoms with van der Waals surface area (Å²) < 4.78 is 26.3. The number of nitrogens with zero attached hydrogens (tertiary/aromatic N) is 1. The number of hydrogen-bond donors (Lipinski definition) is 4. The molecule has 0 saturated heterocycles. The van der Waals surface area contributed by atoms with Gasteiger partial charge in [0.25, 0.3) is 5.91 Å². The molecule has 4 aromatic rings. The molecule has 1 aromatic heterocycles. The summed E-state index contributed by atoms with van der Waals surface area (Å²) >= 11 is 0. The third kappa shape index (κ3) is 6.45. The summed E-state index contributed by atoms with van der Waals surface area (Å²) in [6.07, 6.45) is 5.81. The third-order valence-corrected chi connectivity index (χ3v) is 8.35.